The van der Waals surface area contributed by atoms with Crippen molar-refractivity contribution in [2.24, 2.45) is 5.14 Å². The molecule has 1 aromatic rings. The van der Waals surface area contributed by atoms with Crippen molar-refractivity contribution in [2.45, 2.75) is 18.2 Å². The number of methoxy groups -OCH3 is 1. The molecule has 5 nitrogen and oxygen atoms in total. The molecular formula is C8H11NO4S2. The summed E-state index contributed by atoms with van der Waals surface area (Å²) in [7, 11) is -2.41. The van der Waals surface area contributed by atoms with Crippen molar-refractivity contribution in [1.82, 2.24) is 0 Å². The Kier molecular flexibility index (Phi) is 3.48. The molecule has 2 N–H and O–H groups in total. The number of ether oxygens (including phenoxy) is 1. The molecule has 15 heavy (non-hydrogen) atoms. The Bertz CT molecular complexity index is 475. The Hall–Kier alpha value is -0.920. The zero-order valence-corrected chi connectivity index (χ0v) is 9.94. The summed E-state index contributed by atoms with van der Waals surface area (Å²) in [5, 5.41) is 6.43. The first kappa shape index (κ1) is 12.2. The second kappa shape index (κ2) is 4.30. The van der Waals surface area contributed by atoms with Gasteiger partial charge < -0.3 is 4.74 Å². The summed E-state index contributed by atoms with van der Waals surface area (Å²) in [6.45, 7) is 1.62. The standard InChI is InChI=1S/C8H11NO4S2/c1-5-6(3-8(10)13-2)14-4-7(5)15(9,11)12/h4H,3H2,1-2H3,(H2,9,11,12). The largest absolute Gasteiger partial charge is 0.469 e. The van der Waals surface area contributed by atoms with Crippen LogP contribution in [0.1, 0.15) is 10.4 Å². The van der Waals surface area contributed by atoms with Gasteiger partial charge in [-0.3, -0.25) is 4.79 Å². The minimum atomic E-state index is -3.70. The maximum Gasteiger partial charge on any atom is 0.310 e. The number of hydrogen-bond acceptors (Lipinski definition) is 5. The quantitative estimate of drug-likeness (QED) is 0.786. The second-order valence-corrected chi connectivity index (χ2v) is 5.44. The van der Waals surface area contributed by atoms with Gasteiger partial charge in [0, 0.05) is 10.3 Å². The maximum atomic E-state index is 11.1. The number of esters is 1. The molecule has 0 aromatic carbocycles. The van der Waals surface area contributed by atoms with E-state index in [1.807, 2.05) is 0 Å². The lowest BCUT2D eigenvalue weighted by Gasteiger charge is -1.99. The number of thiophene rings is 1. The summed E-state index contributed by atoms with van der Waals surface area (Å²) in [6, 6.07) is 0. The Morgan fingerprint density at radius 3 is 2.60 bits per heavy atom. The zero-order chi connectivity index (χ0) is 11.6. The third-order valence-corrected chi connectivity index (χ3v) is 4.21. The molecule has 0 radical (unpaired) electrons. The number of carbonyl (C=O) groups excluding carboxylic acids is 1. The first-order valence-corrected chi connectivity index (χ1v) is 6.45. The van der Waals surface area contributed by atoms with Crippen molar-refractivity contribution in [3.8, 4) is 0 Å². The maximum absolute atomic E-state index is 11.1. The Labute approximate surface area is 91.9 Å². The third kappa shape index (κ3) is 2.77. The fraction of sp³-hybridized carbons (Fsp3) is 0.375. The van der Waals surface area contributed by atoms with Gasteiger partial charge in [-0.05, 0) is 12.5 Å². The van der Waals surface area contributed by atoms with Crippen LogP contribution in [0.3, 0.4) is 0 Å². The normalized spacial score (nSPS) is 11.4. The van der Waals surface area contributed by atoms with Gasteiger partial charge in [0.25, 0.3) is 0 Å². The molecule has 0 aliphatic carbocycles. The molecule has 1 heterocycles. The fourth-order valence-electron chi connectivity index (χ4n) is 1.10. The van der Waals surface area contributed by atoms with E-state index in [0.717, 1.165) is 0 Å². The minimum absolute atomic E-state index is 0.0719. The molecule has 0 unspecified atom stereocenters. The van der Waals surface area contributed by atoms with Crippen molar-refractivity contribution < 1.29 is 17.9 Å². The summed E-state index contributed by atoms with van der Waals surface area (Å²) < 4.78 is 26.7. The summed E-state index contributed by atoms with van der Waals surface area (Å²) in [6.07, 6.45) is 0.0719. The number of rotatable bonds is 3. The summed E-state index contributed by atoms with van der Waals surface area (Å²) >= 11 is 1.19. The predicted octanol–water partition coefficient (Wildman–Crippen LogP) is 0.419. The number of nitrogens with two attached hydrogens (primary N) is 1. The fourth-order valence-corrected chi connectivity index (χ4v) is 3.31. The highest BCUT2D eigenvalue weighted by atomic mass is 32.2. The van der Waals surface area contributed by atoms with Crippen LogP contribution in [-0.4, -0.2) is 21.5 Å². The van der Waals surface area contributed by atoms with Crippen LogP contribution in [0, 0.1) is 6.92 Å². The number of sulfonamides is 1. The molecule has 0 bridgehead atoms. The van der Waals surface area contributed by atoms with E-state index in [0.29, 0.717) is 10.4 Å². The monoisotopic (exact) mass is 249 g/mol. The predicted molar refractivity (Wildman–Crippen MR) is 56.1 cm³/mol. The molecule has 1 rings (SSSR count). The molecule has 0 aliphatic rings. The molecular weight excluding hydrogens is 238 g/mol. The molecule has 1 aromatic heterocycles. The van der Waals surface area contributed by atoms with Gasteiger partial charge in [0.05, 0.1) is 18.4 Å². The third-order valence-electron chi connectivity index (χ3n) is 1.94. The zero-order valence-electron chi connectivity index (χ0n) is 8.31. The minimum Gasteiger partial charge on any atom is -0.469 e. The van der Waals surface area contributed by atoms with Crippen LogP contribution < -0.4 is 5.14 Å². The van der Waals surface area contributed by atoms with Gasteiger partial charge in [-0.2, -0.15) is 0 Å². The van der Waals surface area contributed by atoms with E-state index in [2.05, 4.69) is 4.74 Å². The van der Waals surface area contributed by atoms with Crippen molar-refractivity contribution in [2.75, 3.05) is 7.11 Å². The lowest BCUT2D eigenvalue weighted by atomic mass is 10.2. The smallest absolute Gasteiger partial charge is 0.310 e. The van der Waals surface area contributed by atoms with E-state index < -0.39 is 16.0 Å². The summed E-state index contributed by atoms with van der Waals surface area (Å²) in [5.41, 5.74) is 0.521. The Morgan fingerprint density at radius 2 is 2.20 bits per heavy atom. The first-order valence-electron chi connectivity index (χ1n) is 4.03. The molecule has 0 saturated heterocycles. The highest BCUT2D eigenvalue weighted by Gasteiger charge is 2.18. The Morgan fingerprint density at radius 1 is 1.60 bits per heavy atom. The lowest BCUT2D eigenvalue weighted by Crippen LogP contribution is -2.13. The van der Waals surface area contributed by atoms with E-state index in [1.165, 1.54) is 23.8 Å². The molecule has 0 aliphatic heterocycles. The second-order valence-electron chi connectivity index (χ2n) is 2.95. The topological polar surface area (TPSA) is 86.5 Å². The first-order chi connectivity index (χ1) is 6.86. The van der Waals surface area contributed by atoms with Crippen LogP contribution >= 0.6 is 11.3 Å². The van der Waals surface area contributed by atoms with Gasteiger partial charge in [-0.15, -0.1) is 11.3 Å². The van der Waals surface area contributed by atoms with E-state index >= 15 is 0 Å². The van der Waals surface area contributed by atoms with Crippen LogP contribution in [0.25, 0.3) is 0 Å². The van der Waals surface area contributed by atoms with Crippen molar-refractivity contribution >= 4 is 27.3 Å². The molecule has 0 amide bonds. The van der Waals surface area contributed by atoms with Crippen LogP contribution in [0.15, 0.2) is 10.3 Å². The van der Waals surface area contributed by atoms with Crippen LogP contribution in [-0.2, 0) is 26.0 Å². The van der Waals surface area contributed by atoms with E-state index in [-0.39, 0.29) is 11.3 Å². The highest BCUT2D eigenvalue weighted by molar-refractivity contribution is 7.89. The van der Waals surface area contributed by atoms with Gasteiger partial charge in [0.2, 0.25) is 10.0 Å². The number of hydrogen-bond donors (Lipinski definition) is 1. The lowest BCUT2D eigenvalue weighted by molar-refractivity contribution is -0.139. The Balaban J connectivity index is 3.05. The van der Waals surface area contributed by atoms with Crippen LogP contribution in [0.2, 0.25) is 0 Å². The average Bonchev–Trinajstić information content (AvgIpc) is 2.47. The van der Waals surface area contributed by atoms with E-state index in [9.17, 15) is 13.2 Å². The van der Waals surface area contributed by atoms with E-state index in [4.69, 9.17) is 5.14 Å². The summed E-state index contributed by atoms with van der Waals surface area (Å²) in [4.78, 5) is 11.7. The van der Waals surface area contributed by atoms with Crippen molar-refractivity contribution in [3.05, 3.63) is 15.8 Å². The van der Waals surface area contributed by atoms with Crippen molar-refractivity contribution in [1.29, 1.82) is 0 Å². The SMILES string of the molecule is COC(=O)Cc1scc(S(N)(=O)=O)c1C. The molecule has 0 spiro atoms. The molecule has 84 valence electrons. The number of primary sulfonamides is 1. The highest BCUT2D eigenvalue weighted by Crippen LogP contribution is 2.25. The molecule has 7 heteroatoms. The van der Waals surface area contributed by atoms with Gasteiger partial charge in [0.15, 0.2) is 0 Å². The number of carbonyl (C=O) groups is 1. The molecule has 0 saturated carbocycles. The molecule has 0 fully saturated rings. The average molecular weight is 249 g/mol. The van der Waals surface area contributed by atoms with Crippen molar-refractivity contribution in [3.63, 3.8) is 0 Å². The van der Waals surface area contributed by atoms with Gasteiger partial charge >= 0.3 is 5.97 Å². The van der Waals surface area contributed by atoms with Gasteiger partial charge in [-0.1, -0.05) is 0 Å². The van der Waals surface area contributed by atoms with Crippen LogP contribution in [0.5, 0.6) is 0 Å². The van der Waals surface area contributed by atoms with Gasteiger partial charge in [0.1, 0.15) is 0 Å². The van der Waals surface area contributed by atoms with E-state index in [1.54, 1.807) is 6.92 Å². The summed E-state index contributed by atoms with van der Waals surface area (Å²) in [5.74, 6) is -0.402. The van der Waals surface area contributed by atoms with Gasteiger partial charge in [-0.25, -0.2) is 13.6 Å². The van der Waals surface area contributed by atoms with Crippen LogP contribution in [0.4, 0.5) is 0 Å². The molecule has 0 atom stereocenters.